The van der Waals surface area contributed by atoms with Crippen molar-refractivity contribution in [3.63, 3.8) is 0 Å². The van der Waals surface area contributed by atoms with Crippen LogP contribution in [0.3, 0.4) is 0 Å². The van der Waals surface area contributed by atoms with Crippen LogP contribution in [0.25, 0.3) is 0 Å². The first-order valence-corrected chi connectivity index (χ1v) is 7.30. The summed E-state index contributed by atoms with van der Waals surface area (Å²) in [5.74, 6) is 0.164. The van der Waals surface area contributed by atoms with Gasteiger partial charge in [0.15, 0.2) is 0 Å². The van der Waals surface area contributed by atoms with Gasteiger partial charge in [0.05, 0.1) is 5.56 Å². The van der Waals surface area contributed by atoms with E-state index >= 15 is 0 Å². The molecule has 0 spiro atoms. The highest BCUT2D eigenvalue weighted by Gasteiger charge is 2.37. The van der Waals surface area contributed by atoms with Gasteiger partial charge in [-0.3, -0.25) is 0 Å². The van der Waals surface area contributed by atoms with E-state index in [9.17, 15) is 17.6 Å². The highest BCUT2D eigenvalue weighted by atomic mass is 19.4. The van der Waals surface area contributed by atoms with E-state index in [2.05, 4.69) is 13.8 Å². The number of halogens is 4. The largest absolute Gasteiger partial charge is 0.416 e. The smallest absolute Gasteiger partial charge is 0.324 e. The number of benzene rings is 1. The lowest BCUT2D eigenvalue weighted by molar-refractivity contribution is -0.138. The van der Waals surface area contributed by atoms with Crippen molar-refractivity contribution in [1.29, 1.82) is 0 Å². The molecule has 3 unspecified atom stereocenters. The summed E-state index contributed by atoms with van der Waals surface area (Å²) in [6.45, 7) is 4.18. The lowest BCUT2D eigenvalue weighted by Crippen LogP contribution is -2.31. The first-order valence-electron chi connectivity index (χ1n) is 7.30. The minimum absolute atomic E-state index is 0.0355. The second-order valence-electron chi connectivity index (χ2n) is 6.43. The molecule has 0 radical (unpaired) electrons. The van der Waals surface area contributed by atoms with Crippen molar-refractivity contribution in [3.05, 3.63) is 35.1 Å². The molecule has 118 valence electrons. The first kappa shape index (κ1) is 16.3. The molecule has 21 heavy (non-hydrogen) atoms. The Morgan fingerprint density at radius 2 is 1.67 bits per heavy atom. The molecule has 1 nitrogen and oxygen atoms in total. The molecular weight excluding hydrogens is 282 g/mol. The summed E-state index contributed by atoms with van der Waals surface area (Å²) in [5, 5.41) is 0. The zero-order chi connectivity index (χ0) is 15.8. The average Bonchev–Trinajstić information content (AvgIpc) is 2.35. The fraction of sp³-hybridized carbons (Fsp3) is 0.625. The summed E-state index contributed by atoms with van der Waals surface area (Å²) < 4.78 is 52.6. The van der Waals surface area contributed by atoms with Crippen LogP contribution in [0.2, 0.25) is 0 Å². The van der Waals surface area contributed by atoms with Gasteiger partial charge >= 0.3 is 6.18 Å². The van der Waals surface area contributed by atoms with E-state index in [1.54, 1.807) is 0 Å². The molecule has 1 aliphatic carbocycles. The van der Waals surface area contributed by atoms with Gasteiger partial charge in [-0.2, -0.15) is 13.2 Å². The summed E-state index contributed by atoms with van der Waals surface area (Å²) in [4.78, 5) is 0. The maximum Gasteiger partial charge on any atom is 0.416 e. The zero-order valence-corrected chi connectivity index (χ0v) is 12.3. The normalized spacial score (nSPS) is 28.4. The summed E-state index contributed by atoms with van der Waals surface area (Å²) >= 11 is 0. The molecule has 0 saturated heterocycles. The van der Waals surface area contributed by atoms with Gasteiger partial charge in [-0.1, -0.05) is 13.8 Å². The van der Waals surface area contributed by atoms with E-state index in [1.165, 1.54) is 0 Å². The van der Waals surface area contributed by atoms with Crippen molar-refractivity contribution in [2.24, 2.45) is 23.5 Å². The van der Waals surface area contributed by atoms with E-state index in [-0.39, 0.29) is 11.5 Å². The predicted octanol–water partition coefficient (Wildman–Crippen LogP) is 4.92. The first-order chi connectivity index (χ1) is 9.68. The molecule has 1 aliphatic rings. The van der Waals surface area contributed by atoms with Gasteiger partial charge in [0.25, 0.3) is 0 Å². The fourth-order valence-electron chi connectivity index (χ4n) is 3.62. The zero-order valence-electron chi connectivity index (χ0n) is 12.3. The Morgan fingerprint density at radius 1 is 1.10 bits per heavy atom. The molecule has 1 fully saturated rings. The number of hydrogen-bond donors (Lipinski definition) is 1. The van der Waals surface area contributed by atoms with E-state index in [0.29, 0.717) is 11.8 Å². The van der Waals surface area contributed by atoms with Crippen LogP contribution < -0.4 is 5.73 Å². The molecule has 1 aromatic rings. The standard InChI is InChI=1S/C16H21F4N/c1-9-5-10(2)7-11(6-9)15(21)13-8-12(17)3-4-14(13)16(18,19)20/h3-4,8-11,15H,5-7,21H2,1-2H3. The number of nitrogens with two attached hydrogens (primary N) is 1. The van der Waals surface area contributed by atoms with Gasteiger partial charge in [-0.05, 0) is 60.8 Å². The highest BCUT2D eigenvalue weighted by molar-refractivity contribution is 5.33. The fourth-order valence-corrected chi connectivity index (χ4v) is 3.62. The third-order valence-corrected chi connectivity index (χ3v) is 4.40. The Hall–Kier alpha value is -1.10. The molecule has 2 rings (SSSR count). The van der Waals surface area contributed by atoms with Crippen LogP contribution >= 0.6 is 0 Å². The molecule has 0 aromatic heterocycles. The van der Waals surface area contributed by atoms with E-state index in [4.69, 9.17) is 5.73 Å². The highest BCUT2D eigenvalue weighted by Crippen LogP contribution is 2.42. The van der Waals surface area contributed by atoms with E-state index < -0.39 is 23.6 Å². The van der Waals surface area contributed by atoms with Crippen LogP contribution in [-0.4, -0.2) is 0 Å². The van der Waals surface area contributed by atoms with Gasteiger partial charge in [0.1, 0.15) is 5.82 Å². The second-order valence-corrected chi connectivity index (χ2v) is 6.43. The second kappa shape index (κ2) is 5.95. The molecular formula is C16H21F4N. The Balaban J connectivity index is 2.34. The topological polar surface area (TPSA) is 26.0 Å². The average molecular weight is 303 g/mol. The van der Waals surface area contributed by atoms with E-state index in [0.717, 1.165) is 37.5 Å². The van der Waals surface area contributed by atoms with Gasteiger partial charge in [0.2, 0.25) is 0 Å². The lowest BCUT2D eigenvalue weighted by atomic mass is 9.72. The Morgan fingerprint density at radius 3 is 2.19 bits per heavy atom. The summed E-state index contributed by atoms with van der Waals surface area (Å²) in [7, 11) is 0. The van der Waals surface area contributed by atoms with Crippen molar-refractivity contribution < 1.29 is 17.6 Å². The van der Waals surface area contributed by atoms with Gasteiger partial charge < -0.3 is 5.73 Å². The van der Waals surface area contributed by atoms with Crippen LogP contribution in [0.4, 0.5) is 17.6 Å². The Kier molecular flexibility index (Phi) is 4.61. The minimum atomic E-state index is -4.51. The van der Waals surface area contributed by atoms with Crippen molar-refractivity contribution in [2.75, 3.05) is 0 Å². The molecule has 3 atom stereocenters. The SMILES string of the molecule is CC1CC(C)CC(C(N)c2cc(F)ccc2C(F)(F)F)C1. The van der Waals surface area contributed by atoms with Crippen molar-refractivity contribution in [3.8, 4) is 0 Å². The van der Waals surface area contributed by atoms with Gasteiger partial charge in [0, 0.05) is 6.04 Å². The molecule has 1 aromatic carbocycles. The molecule has 0 amide bonds. The van der Waals surface area contributed by atoms with Crippen molar-refractivity contribution >= 4 is 0 Å². The maximum absolute atomic E-state index is 13.4. The summed E-state index contributed by atoms with van der Waals surface area (Å²) in [6, 6.07) is 1.80. The van der Waals surface area contributed by atoms with Crippen LogP contribution in [0.5, 0.6) is 0 Å². The third kappa shape index (κ3) is 3.76. The molecule has 5 heteroatoms. The molecule has 0 aliphatic heterocycles. The Bertz CT molecular complexity index is 488. The molecule has 1 saturated carbocycles. The van der Waals surface area contributed by atoms with E-state index in [1.807, 2.05) is 0 Å². The minimum Gasteiger partial charge on any atom is -0.324 e. The molecule has 2 N–H and O–H groups in total. The van der Waals surface area contributed by atoms with Crippen LogP contribution in [0, 0.1) is 23.6 Å². The number of alkyl halides is 3. The Labute approximate surface area is 122 Å². The van der Waals surface area contributed by atoms with Crippen LogP contribution in [-0.2, 0) is 6.18 Å². The summed E-state index contributed by atoms with van der Waals surface area (Å²) in [6.07, 6.45) is -1.86. The molecule has 0 heterocycles. The maximum atomic E-state index is 13.4. The van der Waals surface area contributed by atoms with Crippen LogP contribution in [0.1, 0.15) is 50.3 Å². The lowest BCUT2D eigenvalue weighted by Gasteiger charge is -2.35. The van der Waals surface area contributed by atoms with Crippen molar-refractivity contribution in [1.82, 2.24) is 0 Å². The van der Waals surface area contributed by atoms with Crippen molar-refractivity contribution in [2.45, 2.75) is 45.3 Å². The third-order valence-electron chi connectivity index (χ3n) is 4.40. The van der Waals surface area contributed by atoms with Gasteiger partial charge in [-0.25, -0.2) is 4.39 Å². The van der Waals surface area contributed by atoms with Gasteiger partial charge in [-0.15, -0.1) is 0 Å². The summed E-state index contributed by atoms with van der Waals surface area (Å²) in [5.41, 5.74) is 5.16. The number of rotatable bonds is 2. The molecule has 0 bridgehead atoms. The van der Waals surface area contributed by atoms with Crippen LogP contribution in [0.15, 0.2) is 18.2 Å². The predicted molar refractivity (Wildman–Crippen MR) is 74.0 cm³/mol. The monoisotopic (exact) mass is 303 g/mol. The quantitative estimate of drug-likeness (QED) is 0.771. The number of hydrogen-bond acceptors (Lipinski definition) is 1.